The van der Waals surface area contributed by atoms with Crippen molar-refractivity contribution in [2.75, 3.05) is 42.3 Å². The van der Waals surface area contributed by atoms with Gasteiger partial charge in [-0.25, -0.2) is 0 Å². The van der Waals surface area contributed by atoms with Crippen LogP contribution in [0.4, 0.5) is 0 Å². The van der Waals surface area contributed by atoms with Gasteiger partial charge in [0, 0.05) is 11.9 Å². The molecular formula is C24H54Cu3N7. The summed E-state index contributed by atoms with van der Waals surface area (Å²) in [6.07, 6.45) is 0. The third kappa shape index (κ3) is 39.3. The van der Waals surface area contributed by atoms with Gasteiger partial charge in [-0.15, -0.1) is 0 Å². The van der Waals surface area contributed by atoms with E-state index < -0.39 is 0 Å². The van der Waals surface area contributed by atoms with Gasteiger partial charge in [-0.2, -0.15) is 14.1 Å². The Morgan fingerprint density at radius 3 is 0.765 bits per heavy atom. The molecule has 0 unspecified atom stereocenters. The molecule has 0 aliphatic carbocycles. The fraction of sp³-hybridized carbons (Fsp3) is 0.917. The van der Waals surface area contributed by atoms with Gasteiger partial charge >= 0.3 is 51.2 Å². The van der Waals surface area contributed by atoms with E-state index in [1.54, 1.807) is 14.1 Å². The smallest absolute Gasteiger partial charge is 0.668 e. The molecule has 0 atom stereocenters. The van der Waals surface area contributed by atoms with E-state index in [-0.39, 0.29) is 73.4 Å². The minimum atomic E-state index is -0.0750. The molecule has 0 aliphatic heterocycles. The van der Waals surface area contributed by atoms with Crippen LogP contribution in [-0.2, 0) is 51.2 Å². The van der Waals surface area contributed by atoms with Gasteiger partial charge in [-0.05, 0) is 50.3 Å². The molecule has 218 valence electrons. The summed E-state index contributed by atoms with van der Waals surface area (Å²) in [6.45, 7) is 24.9. The number of nitrogens with zero attached hydrogens (tertiary/aromatic N) is 7. The van der Waals surface area contributed by atoms with Crippen LogP contribution in [0.5, 0.6) is 0 Å². The zero-order chi connectivity index (χ0) is 25.8. The zero-order valence-corrected chi connectivity index (χ0v) is 27.9. The molecule has 0 aromatic heterocycles. The summed E-state index contributed by atoms with van der Waals surface area (Å²) in [6, 6.07) is 0. The van der Waals surface area contributed by atoms with E-state index in [1.807, 2.05) is 38.0 Å². The molecule has 0 bridgehead atoms. The van der Waals surface area contributed by atoms with E-state index in [9.17, 15) is 0 Å². The van der Waals surface area contributed by atoms with Gasteiger partial charge in [0.1, 0.15) is 0 Å². The second kappa shape index (κ2) is 20.2. The van der Waals surface area contributed by atoms with Gasteiger partial charge in [0.05, 0.1) is 0 Å². The number of hydrogen-bond donors (Lipinski definition) is 0. The van der Waals surface area contributed by atoms with Crippen LogP contribution < -0.4 is 0 Å². The molecule has 34 heavy (non-hydrogen) atoms. The minimum absolute atomic E-state index is 0. The molecular weight excluding hydrogens is 577 g/mol. The monoisotopic (exact) mass is 629 g/mol. The van der Waals surface area contributed by atoms with Crippen LogP contribution in [0.25, 0.3) is 16.0 Å². The topological polar surface area (TPSA) is 73.5 Å². The van der Waals surface area contributed by atoms with E-state index in [1.165, 1.54) is 0 Å². The van der Waals surface area contributed by atoms with Gasteiger partial charge in [0.25, 0.3) is 0 Å². The Bertz CT molecular complexity index is 487. The molecule has 0 aliphatic rings. The summed E-state index contributed by atoms with van der Waals surface area (Å²) >= 11 is 0. The third-order valence-electron chi connectivity index (χ3n) is 2.54. The van der Waals surface area contributed by atoms with Gasteiger partial charge in [0.15, 0.2) is 0 Å². The average Bonchev–Trinajstić information content (AvgIpc) is 2.41. The fourth-order valence-corrected chi connectivity index (χ4v) is 1.65. The summed E-state index contributed by atoms with van der Waals surface area (Å²) in [7, 11) is 11.4. The van der Waals surface area contributed by atoms with E-state index in [0.717, 1.165) is 11.9 Å². The quantitative estimate of drug-likeness (QED) is 0.177. The maximum absolute atomic E-state index is 4.57. The van der Waals surface area contributed by atoms with Gasteiger partial charge in [0.2, 0.25) is 0 Å². The summed E-state index contributed by atoms with van der Waals surface area (Å²) in [5.41, 5.74) is -0.300. The van der Waals surface area contributed by atoms with E-state index in [0.29, 0.717) is 0 Å². The maximum Gasteiger partial charge on any atom is 1.00 e. The van der Waals surface area contributed by atoms with Crippen molar-refractivity contribution < 1.29 is 51.2 Å². The standard InChI is InChI=1S/2C11H24N3.C2H6N.3Cu/c2*1-10(2,3)12-9(14(7)8)13-11(4,5)6;1-3-2;;;/h2*1-8H3;1-2H3;;;/q3*-1;3*+1. The number of rotatable bonds is 0. The molecule has 0 aromatic carbocycles. The van der Waals surface area contributed by atoms with Crippen molar-refractivity contribution >= 4 is 11.9 Å². The molecule has 0 spiro atoms. The minimum Gasteiger partial charge on any atom is -0.668 e. The van der Waals surface area contributed by atoms with Crippen molar-refractivity contribution in [2.24, 2.45) is 9.98 Å². The molecule has 0 aromatic rings. The normalized spacial score (nSPS) is 12.2. The van der Waals surface area contributed by atoms with Crippen LogP contribution >= 0.6 is 0 Å². The molecule has 0 N–H and O–H groups in total. The molecule has 0 saturated heterocycles. The zero-order valence-electron chi connectivity index (χ0n) is 25.0. The summed E-state index contributed by atoms with van der Waals surface area (Å²) in [5.74, 6) is 1.62. The van der Waals surface area contributed by atoms with E-state index in [4.69, 9.17) is 0 Å². The Morgan fingerprint density at radius 2 is 0.676 bits per heavy atom. The van der Waals surface area contributed by atoms with Crippen molar-refractivity contribution in [3.63, 3.8) is 0 Å². The first-order valence-corrected chi connectivity index (χ1v) is 10.9. The second-order valence-corrected chi connectivity index (χ2v) is 12.0. The van der Waals surface area contributed by atoms with Crippen LogP contribution in [0.15, 0.2) is 9.98 Å². The molecule has 0 radical (unpaired) electrons. The van der Waals surface area contributed by atoms with Crippen LogP contribution in [0.3, 0.4) is 0 Å². The number of aliphatic imine (C=N–C) groups is 2. The van der Waals surface area contributed by atoms with Crippen molar-refractivity contribution in [1.29, 1.82) is 0 Å². The first-order valence-electron chi connectivity index (χ1n) is 10.9. The van der Waals surface area contributed by atoms with Gasteiger partial charge in [-0.1, -0.05) is 83.1 Å². The Kier molecular flexibility index (Phi) is 28.0. The number of guanidine groups is 2. The molecule has 7 nitrogen and oxygen atoms in total. The van der Waals surface area contributed by atoms with Crippen molar-refractivity contribution in [3.05, 3.63) is 16.0 Å². The van der Waals surface area contributed by atoms with Crippen molar-refractivity contribution in [2.45, 2.75) is 105 Å². The Balaban J connectivity index is -0.0000000955. The van der Waals surface area contributed by atoms with Crippen molar-refractivity contribution in [1.82, 2.24) is 9.80 Å². The van der Waals surface area contributed by atoms with Crippen LogP contribution in [0.1, 0.15) is 83.1 Å². The van der Waals surface area contributed by atoms with Gasteiger partial charge < -0.3 is 35.7 Å². The van der Waals surface area contributed by atoms with Crippen LogP contribution in [0.2, 0.25) is 0 Å². The van der Waals surface area contributed by atoms with E-state index >= 15 is 0 Å². The largest absolute Gasteiger partial charge is 1.00 e. The number of hydrogen-bond acceptors (Lipinski definition) is 2. The first-order chi connectivity index (χ1) is 13.4. The van der Waals surface area contributed by atoms with Crippen LogP contribution in [-0.4, -0.2) is 86.2 Å². The van der Waals surface area contributed by atoms with Gasteiger partial charge in [-0.3, -0.25) is 0 Å². The van der Waals surface area contributed by atoms with Crippen LogP contribution in [0, 0.1) is 0 Å². The summed E-state index contributed by atoms with van der Waals surface area (Å²) in [5, 5.41) is 12.6. The van der Waals surface area contributed by atoms with Crippen molar-refractivity contribution in [3.8, 4) is 0 Å². The third-order valence-corrected chi connectivity index (χ3v) is 2.54. The Hall–Kier alpha value is 0.0584. The predicted octanol–water partition coefficient (Wildman–Crippen LogP) is 6.36. The molecule has 0 rings (SSSR count). The molecule has 0 saturated carbocycles. The average molecular weight is 631 g/mol. The maximum atomic E-state index is 4.57. The molecule has 10 heteroatoms. The molecule has 0 fully saturated rings. The van der Waals surface area contributed by atoms with E-state index in [2.05, 4.69) is 109 Å². The Morgan fingerprint density at radius 1 is 0.500 bits per heavy atom. The summed E-state index contributed by atoms with van der Waals surface area (Å²) in [4.78, 5) is 13.0. The molecule has 0 heterocycles. The first kappa shape index (κ1) is 47.3. The summed E-state index contributed by atoms with van der Waals surface area (Å²) < 4.78 is 0. The molecule has 0 amide bonds. The fourth-order valence-electron chi connectivity index (χ4n) is 1.65. The predicted molar refractivity (Wildman–Crippen MR) is 143 cm³/mol. The SMILES string of the molecule is CN(C)C(=NC(C)(C)C)[N-]C(C)(C)C.CN(C)C(=NC(C)(C)C)[N-]C(C)(C)C.C[N-]C.[Cu+].[Cu+].[Cu+]. The second-order valence-electron chi connectivity index (χ2n) is 12.0. The Labute approximate surface area is 245 Å².